The summed E-state index contributed by atoms with van der Waals surface area (Å²) in [5.74, 6) is 0.626. The van der Waals surface area contributed by atoms with Crippen molar-refractivity contribution in [2.75, 3.05) is 22.4 Å². The topological polar surface area (TPSA) is 97.4 Å². The largest absolute Gasteiger partial charge is 0.337 e. The quantitative estimate of drug-likeness (QED) is 0.555. The van der Waals surface area contributed by atoms with Crippen molar-refractivity contribution in [2.24, 2.45) is 7.05 Å². The van der Waals surface area contributed by atoms with Gasteiger partial charge in [-0.05, 0) is 30.2 Å². The molecule has 1 N–H and O–H groups in total. The maximum Gasteiger partial charge on any atom is 0.232 e. The van der Waals surface area contributed by atoms with Crippen molar-refractivity contribution in [3.8, 4) is 11.3 Å². The number of anilines is 3. The van der Waals surface area contributed by atoms with E-state index in [1.807, 2.05) is 42.0 Å². The van der Waals surface area contributed by atoms with E-state index in [9.17, 15) is 8.42 Å². The highest BCUT2D eigenvalue weighted by Gasteiger charge is 2.26. The normalized spacial score (nSPS) is 13.8. The number of nitrogens with one attached hydrogen (secondary N) is 1. The summed E-state index contributed by atoms with van der Waals surface area (Å²) in [6.45, 7) is 0.472. The molecule has 0 atom stereocenters. The number of fused-ring (bicyclic) bond motifs is 2. The molecule has 4 aromatic rings. The molecule has 0 unspecified atom stereocenters. The first-order chi connectivity index (χ1) is 13.9. The van der Waals surface area contributed by atoms with Gasteiger partial charge in [-0.25, -0.2) is 18.4 Å². The minimum atomic E-state index is -3.26. The van der Waals surface area contributed by atoms with E-state index in [0.717, 1.165) is 28.2 Å². The van der Waals surface area contributed by atoms with Gasteiger partial charge in [-0.2, -0.15) is 5.10 Å². The monoisotopic (exact) mass is 409 g/mol. The second kappa shape index (κ2) is 6.31. The van der Waals surface area contributed by atoms with Crippen LogP contribution < -0.4 is 9.62 Å². The highest BCUT2D eigenvalue weighted by molar-refractivity contribution is 7.92. The number of imidazole rings is 1. The molecule has 0 amide bonds. The Labute approximate surface area is 167 Å². The van der Waals surface area contributed by atoms with Crippen LogP contribution in [0.5, 0.6) is 0 Å². The predicted molar refractivity (Wildman–Crippen MR) is 111 cm³/mol. The number of nitrogens with zero attached hydrogens (tertiary/aromatic N) is 6. The predicted octanol–water partition coefficient (Wildman–Crippen LogP) is 2.20. The van der Waals surface area contributed by atoms with Crippen LogP contribution in [-0.4, -0.2) is 45.4 Å². The molecule has 0 fully saturated rings. The van der Waals surface area contributed by atoms with Gasteiger partial charge in [0.25, 0.3) is 0 Å². The Kier molecular flexibility index (Phi) is 3.85. The molecule has 3 aromatic heterocycles. The summed E-state index contributed by atoms with van der Waals surface area (Å²) in [5, 5.41) is 7.54. The van der Waals surface area contributed by atoms with Gasteiger partial charge in [-0.1, -0.05) is 0 Å². The lowest BCUT2D eigenvalue weighted by Gasteiger charge is -2.16. The Morgan fingerprint density at radius 2 is 2.03 bits per heavy atom. The summed E-state index contributed by atoms with van der Waals surface area (Å²) in [4.78, 5) is 8.97. The minimum absolute atomic E-state index is 0.472. The van der Waals surface area contributed by atoms with E-state index in [1.165, 1.54) is 10.6 Å². The van der Waals surface area contributed by atoms with Crippen molar-refractivity contribution in [2.45, 2.75) is 6.42 Å². The molecule has 1 aromatic carbocycles. The number of sulfonamides is 1. The lowest BCUT2D eigenvalue weighted by atomic mass is 10.1. The van der Waals surface area contributed by atoms with E-state index in [4.69, 9.17) is 0 Å². The van der Waals surface area contributed by atoms with E-state index in [-0.39, 0.29) is 0 Å². The maximum atomic E-state index is 11.9. The molecule has 10 heteroatoms. The standard InChI is InChI=1S/C19H19N7O2S/c1-24-12-14(10-22-24)17-11-21-19-18(20-6-8-25(17)19)23-15-3-4-16-13(9-15)5-7-26(16)29(2,27)28/h3-4,6,8-12H,5,7H2,1-2H3,(H,20,23). The first-order valence-electron chi connectivity index (χ1n) is 9.09. The van der Waals surface area contributed by atoms with Crippen LogP contribution in [0.2, 0.25) is 0 Å². The molecule has 0 aliphatic carbocycles. The summed E-state index contributed by atoms with van der Waals surface area (Å²) in [5.41, 5.74) is 5.16. The SMILES string of the molecule is Cn1cc(-c2cnc3c(Nc4ccc5c(c4)CCN5S(C)(=O)=O)nccn23)cn1. The maximum absolute atomic E-state index is 11.9. The fourth-order valence-electron chi connectivity index (χ4n) is 3.70. The van der Waals surface area contributed by atoms with Gasteiger partial charge >= 0.3 is 0 Å². The molecule has 1 aliphatic heterocycles. The van der Waals surface area contributed by atoms with Gasteiger partial charge in [-0.15, -0.1) is 0 Å². The molecule has 5 rings (SSSR count). The Balaban J connectivity index is 1.50. The smallest absolute Gasteiger partial charge is 0.232 e. The van der Waals surface area contributed by atoms with E-state index < -0.39 is 10.0 Å². The summed E-state index contributed by atoms with van der Waals surface area (Å²) in [6, 6.07) is 5.66. The molecule has 1 aliphatic rings. The van der Waals surface area contributed by atoms with Crippen LogP contribution in [0, 0.1) is 0 Å². The fraction of sp³-hybridized carbons (Fsp3) is 0.211. The van der Waals surface area contributed by atoms with Crippen LogP contribution in [0.4, 0.5) is 17.2 Å². The van der Waals surface area contributed by atoms with Crippen LogP contribution in [-0.2, 0) is 23.5 Å². The van der Waals surface area contributed by atoms with E-state index in [1.54, 1.807) is 23.3 Å². The lowest BCUT2D eigenvalue weighted by Crippen LogP contribution is -2.27. The fourth-order valence-corrected chi connectivity index (χ4v) is 4.66. The average Bonchev–Trinajstić information content (AvgIpc) is 3.38. The number of aromatic nitrogens is 5. The molecular weight excluding hydrogens is 390 g/mol. The van der Waals surface area contributed by atoms with Gasteiger partial charge in [0.15, 0.2) is 11.5 Å². The number of aryl methyl sites for hydroxylation is 1. The summed E-state index contributed by atoms with van der Waals surface area (Å²) in [6.07, 6.45) is 11.0. The molecule has 0 spiro atoms. The van der Waals surface area contributed by atoms with Crippen molar-refractivity contribution in [3.63, 3.8) is 0 Å². The number of benzene rings is 1. The molecule has 9 nitrogen and oxygen atoms in total. The Hall–Kier alpha value is -3.40. The van der Waals surface area contributed by atoms with Crippen LogP contribution in [0.15, 0.2) is 49.2 Å². The van der Waals surface area contributed by atoms with E-state index in [2.05, 4.69) is 20.4 Å². The van der Waals surface area contributed by atoms with Crippen molar-refractivity contribution in [1.82, 2.24) is 24.1 Å². The van der Waals surface area contributed by atoms with Crippen molar-refractivity contribution >= 4 is 32.9 Å². The highest BCUT2D eigenvalue weighted by atomic mass is 32.2. The Bertz CT molecular complexity index is 1340. The lowest BCUT2D eigenvalue weighted by molar-refractivity contribution is 0.598. The third-order valence-corrected chi connectivity index (χ3v) is 6.20. The van der Waals surface area contributed by atoms with Gasteiger partial charge in [0.1, 0.15) is 0 Å². The summed E-state index contributed by atoms with van der Waals surface area (Å²) >= 11 is 0. The number of rotatable bonds is 4. The van der Waals surface area contributed by atoms with Crippen molar-refractivity contribution < 1.29 is 8.42 Å². The van der Waals surface area contributed by atoms with E-state index >= 15 is 0 Å². The molecule has 0 radical (unpaired) electrons. The van der Waals surface area contributed by atoms with Gasteiger partial charge in [-0.3, -0.25) is 13.4 Å². The van der Waals surface area contributed by atoms with Crippen LogP contribution >= 0.6 is 0 Å². The summed E-state index contributed by atoms with van der Waals surface area (Å²) in [7, 11) is -1.38. The van der Waals surface area contributed by atoms with Gasteiger partial charge in [0, 0.05) is 43.4 Å². The van der Waals surface area contributed by atoms with Crippen molar-refractivity contribution in [1.29, 1.82) is 0 Å². The summed E-state index contributed by atoms with van der Waals surface area (Å²) < 4.78 is 29.0. The Morgan fingerprint density at radius 3 is 2.79 bits per heavy atom. The van der Waals surface area contributed by atoms with E-state index in [0.29, 0.717) is 24.4 Å². The minimum Gasteiger partial charge on any atom is -0.337 e. The third kappa shape index (κ3) is 3.01. The molecule has 148 valence electrons. The molecule has 0 saturated heterocycles. The molecule has 0 saturated carbocycles. The number of hydrogen-bond donors (Lipinski definition) is 1. The van der Waals surface area contributed by atoms with Crippen LogP contribution in [0.3, 0.4) is 0 Å². The molecular formula is C19H19N7O2S. The zero-order valence-corrected chi connectivity index (χ0v) is 16.8. The van der Waals surface area contributed by atoms with Gasteiger partial charge < -0.3 is 5.32 Å². The molecule has 0 bridgehead atoms. The average molecular weight is 409 g/mol. The van der Waals surface area contributed by atoms with Crippen LogP contribution in [0.25, 0.3) is 16.9 Å². The first-order valence-corrected chi connectivity index (χ1v) is 10.9. The second-order valence-corrected chi connectivity index (χ2v) is 8.98. The van der Waals surface area contributed by atoms with Crippen molar-refractivity contribution in [3.05, 3.63) is 54.7 Å². The van der Waals surface area contributed by atoms with Gasteiger partial charge in [0.05, 0.1) is 30.0 Å². The first kappa shape index (κ1) is 17.7. The number of hydrogen-bond acceptors (Lipinski definition) is 6. The zero-order chi connectivity index (χ0) is 20.2. The molecule has 29 heavy (non-hydrogen) atoms. The molecule has 4 heterocycles. The zero-order valence-electron chi connectivity index (χ0n) is 15.9. The van der Waals surface area contributed by atoms with Gasteiger partial charge in [0.2, 0.25) is 10.0 Å². The highest BCUT2D eigenvalue weighted by Crippen LogP contribution is 2.33. The third-order valence-electron chi connectivity index (χ3n) is 5.02. The van der Waals surface area contributed by atoms with Crippen LogP contribution in [0.1, 0.15) is 5.56 Å². The second-order valence-electron chi connectivity index (χ2n) is 7.07. The Morgan fingerprint density at radius 1 is 1.17 bits per heavy atom.